The Hall–Kier alpha value is -2.38. The molecule has 0 unspecified atom stereocenters. The molecule has 0 aliphatic carbocycles. The van der Waals surface area contributed by atoms with E-state index in [-0.39, 0.29) is 5.82 Å². The first-order valence-electron chi connectivity index (χ1n) is 9.27. The molecule has 150 valence electrons. The lowest BCUT2D eigenvalue weighted by atomic mass is 9.99. The Morgan fingerprint density at radius 2 is 1.82 bits per heavy atom. The standard InChI is InChI=1S/C21H25FN2O3S/c1-28(25,26)23-20-7-9-21(10-8-20)27-16-2-13-24-14-11-18(12-15-24)17-3-5-19(22)6-4-17/h3-11,23H,2,12-16H2,1H3. The molecule has 0 amide bonds. The van der Waals surface area contributed by atoms with Crippen LogP contribution < -0.4 is 9.46 Å². The van der Waals surface area contributed by atoms with Crippen LogP contribution in [0.5, 0.6) is 5.75 Å². The van der Waals surface area contributed by atoms with Crippen LogP contribution in [0.25, 0.3) is 5.57 Å². The number of ether oxygens (including phenoxy) is 1. The molecular formula is C21H25FN2O3S. The predicted octanol–water partition coefficient (Wildman–Crippen LogP) is 3.76. The first-order chi connectivity index (χ1) is 13.4. The van der Waals surface area contributed by atoms with Gasteiger partial charge in [-0.25, -0.2) is 12.8 Å². The average molecular weight is 405 g/mol. The van der Waals surface area contributed by atoms with Gasteiger partial charge in [-0.1, -0.05) is 18.2 Å². The maximum Gasteiger partial charge on any atom is 0.229 e. The molecular weight excluding hydrogens is 379 g/mol. The maximum absolute atomic E-state index is 13.0. The van der Waals surface area contributed by atoms with Crippen LogP contribution in [0.1, 0.15) is 18.4 Å². The summed E-state index contributed by atoms with van der Waals surface area (Å²) in [4.78, 5) is 2.37. The van der Waals surface area contributed by atoms with E-state index in [0.717, 1.165) is 50.0 Å². The normalized spacial score (nSPS) is 15.1. The van der Waals surface area contributed by atoms with Crippen LogP contribution in [-0.2, 0) is 10.0 Å². The Kier molecular flexibility index (Phi) is 6.70. The Labute approximate surface area is 165 Å². The summed E-state index contributed by atoms with van der Waals surface area (Å²) in [6, 6.07) is 13.6. The Balaban J connectivity index is 1.38. The van der Waals surface area contributed by atoms with Crippen LogP contribution in [0.2, 0.25) is 0 Å². The molecule has 0 aromatic heterocycles. The second kappa shape index (κ2) is 9.21. The summed E-state index contributed by atoms with van der Waals surface area (Å²) in [6.07, 6.45) is 5.20. The van der Waals surface area contributed by atoms with Crippen LogP contribution in [0, 0.1) is 5.82 Å². The molecule has 1 N–H and O–H groups in total. The Morgan fingerprint density at radius 1 is 1.11 bits per heavy atom. The monoisotopic (exact) mass is 404 g/mol. The van der Waals surface area contributed by atoms with E-state index in [1.807, 2.05) is 12.1 Å². The van der Waals surface area contributed by atoms with E-state index in [9.17, 15) is 12.8 Å². The number of nitrogens with zero attached hydrogens (tertiary/aromatic N) is 1. The van der Waals surface area contributed by atoms with Crippen LogP contribution in [-0.4, -0.2) is 45.8 Å². The van der Waals surface area contributed by atoms with Gasteiger partial charge in [0.15, 0.2) is 0 Å². The molecule has 1 aliphatic rings. The lowest BCUT2D eigenvalue weighted by molar-refractivity contribution is 0.248. The highest BCUT2D eigenvalue weighted by Crippen LogP contribution is 2.22. The summed E-state index contributed by atoms with van der Waals surface area (Å²) >= 11 is 0. The van der Waals surface area contributed by atoms with Gasteiger partial charge in [-0.15, -0.1) is 0 Å². The van der Waals surface area contributed by atoms with Crippen LogP contribution in [0.3, 0.4) is 0 Å². The molecule has 1 aliphatic heterocycles. The van der Waals surface area contributed by atoms with Crippen molar-refractivity contribution in [2.45, 2.75) is 12.8 Å². The number of hydrogen-bond acceptors (Lipinski definition) is 4. The SMILES string of the molecule is CS(=O)(=O)Nc1ccc(OCCCN2CC=C(c3ccc(F)cc3)CC2)cc1. The summed E-state index contributed by atoms with van der Waals surface area (Å²) in [5.41, 5.74) is 2.89. The summed E-state index contributed by atoms with van der Waals surface area (Å²) < 4.78 is 43.6. The lowest BCUT2D eigenvalue weighted by Gasteiger charge is -2.26. The van der Waals surface area contributed by atoms with Gasteiger partial charge in [0.25, 0.3) is 0 Å². The number of sulfonamides is 1. The van der Waals surface area contributed by atoms with Gasteiger partial charge in [-0.2, -0.15) is 0 Å². The molecule has 0 saturated carbocycles. The van der Waals surface area contributed by atoms with E-state index in [2.05, 4.69) is 15.7 Å². The predicted molar refractivity (Wildman–Crippen MR) is 110 cm³/mol. The minimum Gasteiger partial charge on any atom is -0.494 e. The fourth-order valence-corrected chi connectivity index (χ4v) is 3.72. The van der Waals surface area contributed by atoms with Crippen molar-refractivity contribution in [3.05, 3.63) is 66.0 Å². The van der Waals surface area contributed by atoms with Gasteiger partial charge in [-0.3, -0.25) is 9.62 Å². The van der Waals surface area contributed by atoms with Crippen molar-refractivity contribution in [3.63, 3.8) is 0 Å². The molecule has 0 radical (unpaired) electrons. The fraction of sp³-hybridized carbons (Fsp3) is 0.333. The van der Waals surface area contributed by atoms with Crippen molar-refractivity contribution in [3.8, 4) is 5.75 Å². The topological polar surface area (TPSA) is 58.6 Å². The molecule has 28 heavy (non-hydrogen) atoms. The zero-order chi connectivity index (χ0) is 20.0. The average Bonchev–Trinajstić information content (AvgIpc) is 2.66. The van der Waals surface area contributed by atoms with E-state index in [1.54, 1.807) is 24.3 Å². The van der Waals surface area contributed by atoms with Crippen molar-refractivity contribution < 1.29 is 17.5 Å². The summed E-state index contributed by atoms with van der Waals surface area (Å²) in [5, 5.41) is 0. The number of halogens is 1. The van der Waals surface area contributed by atoms with Gasteiger partial charge >= 0.3 is 0 Å². The largest absolute Gasteiger partial charge is 0.494 e. The second-order valence-corrected chi connectivity index (χ2v) is 8.64. The van der Waals surface area contributed by atoms with E-state index >= 15 is 0 Å². The number of anilines is 1. The van der Waals surface area contributed by atoms with Gasteiger partial charge in [0.2, 0.25) is 10.0 Å². The van der Waals surface area contributed by atoms with Gasteiger partial charge in [-0.05, 0) is 60.4 Å². The summed E-state index contributed by atoms with van der Waals surface area (Å²) in [7, 11) is -3.26. The molecule has 5 nitrogen and oxygen atoms in total. The highest BCUT2D eigenvalue weighted by molar-refractivity contribution is 7.92. The van der Waals surface area contributed by atoms with E-state index < -0.39 is 10.0 Å². The third kappa shape index (κ3) is 6.35. The second-order valence-electron chi connectivity index (χ2n) is 6.89. The first-order valence-corrected chi connectivity index (χ1v) is 11.2. The number of nitrogens with one attached hydrogen (secondary N) is 1. The van der Waals surface area contributed by atoms with E-state index in [0.29, 0.717) is 12.3 Å². The third-order valence-corrected chi connectivity index (χ3v) is 5.16. The maximum atomic E-state index is 13.0. The highest BCUT2D eigenvalue weighted by Gasteiger charge is 2.12. The molecule has 7 heteroatoms. The Morgan fingerprint density at radius 3 is 2.43 bits per heavy atom. The molecule has 0 bridgehead atoms. The van der Waals surface area contributed by atoms with Gasteiger partial charge in [0.1, 0.15) is 11.6 Å². The van der Waals surface area contributed by atoms with Crippen molar-refractivity contribution in [1.82, 2.24) is 4.90 Å². The molecule has 3 rings (SSSR count). The zero-order valence-electron chi connectivity index (χ0n) is 15.9. The number of benzene rings is 2. The van der Waals surface area contributed by atoms with E-state index in [1.165, 1.54) is 17.7 Å². The van der Waals surface area contributed by atoms with Gasteiger partial charge < -0.3 is 4.74 Å². The number of rotatable bonds is 8. The van der Waals surface area contributed by atoms with Crippen LogP contribution in [0.4, 0.5) is 10.1 Å². The van der Waals surface area contributed by atoms with Crippen molar-refractivity contribution in [2.75, 3.05) is 37.2 Å². The van der Waals surface area contributed by atoms with Gasteiger partial charge in [0, 0.05) is 25.3 Å². The third-order valence-electron chi connectivity index (χ3n) is 4.55. The minimum atomic E-state index is -3.26. The molecule has 0 fully saturated rings. The molecule has 2 aromatic carbocycles. The van der Waals surface area contributed by atoms with Crippen molar-refractivity contribution in [1.29, 1.82) is 0 Å². The smallest absolute Gasteiger partial charge is 0.229 e. The molecule has 2 aromatic rings. The molecule has 0 saturated heterocycles. The number of hydrogen-bond donors (Lipinski definition) is 1. The lowest BCUT2D eigenvalue weighted by Crippen LogP contribution is -2.30. The van der Waals surface area contributed by atoms with Crippen molar-refractivity contribution in [2.24, 2.45) is 0 Å². The molecule has 0 spiro atoms. The van der Waals surface area contributed by atoms with Crippen molar-refractivity contribution >= 4 is 21.3 Å². The zero-order valence-corrected chi connectivity index (χ0v) is 16.7. The van der Waals surface area contributed by atoms with E-state index in [4.69, 9.17) is 4.74 Å². The summed E-state index contributed by atoms with van der Waals surface area (Å²) in [5.74, 6) is 0.513. The Bertz CT molecular complexity index is 910. The highest BCUT2D eigenvalue weighted by atomic mass is 32.2. The summed E-state index contributed by atoms with van der Waals surface area (Å²) in [6.45, 7) is 3.42. The van der Waals surface area contributed by atoms with Gasteiger partial charge in [0.05, 0.1) is 12.9 Å². The van der Waals surface area contributed by atoms with Crippen LogP contribution >= 0.6 is 0 Å². The minimum absolute atomic E-state index is 0.205. The quantitative estimate of drug-likeness (QED) is 0.681. The molecule has 0 atom stereocenters. The molecule has 1 heterocycles. The fourth-order valence-electron chi connectivity index (χ4n) is 3.15. The van der Waals surface area contributed by atoms with Crippen LogP contribution in [0.15, 0.2) is 54.6 Å². The first kappa shape index (κ1) is 20.4.